The number of anilines is 1. The third-order valence-electron chi connectivity index (χ3n) is 6.22. The molecule has 37 heavy (non-hydrogen) atoms. The number of nitrogens with zero attached hydrogens (tertiary/aromatic N) is 1. The summed E-state index contributed by atoms with van der Waals surface area (Å²) in [4.78, 5) is 40.9. The molecule has 1 aliphatic heterocycles. The van der Waals surface area contributed by atoms with E-state index in [4.69, 9.17) is 10.5 Å². The van der Waals surface area contributed by atoms with Crippen LogP contribution in [0.5, 0.6) is 11.5 Å². The van der Waals surface area contributed by atoms with Crippen molar-refractivity contribution in [3.63, 3.8) is 0 Å². The fourth-order valence-electron chi connectivity index (χ4n) is 4.45. The third-order valence-corrected chi connectivity index (χ3v) is 6.22. The van der Waals surface area contributed by atoms with Gasteiger partial charge in [-0.25, -0.2) is 0 Å². The molecule has 3 amide bonds. The average molecular weight is 495 g/mol. The summed E-state index contributed by atoms with van der Waals surface area (Å²) >= 11 is 0. The van der Waals surface area contributed by atoms with Gasteiger partial charge >= 0.3 is 0 Å². The number of carbonyl (C=O) groups excluding carboxylic acids is 3. The van der Waals surface area contributed by atoms with Gasteiger partial charge in [0.05, 0.1) is 17.9 Å². The van der Waals surface area contributed by atoms with Gasteiger partial charge in [-0.15, -0.1) is 0 Å². The van der Waals surface area contributed by atoms with E-state index < -0.39 is 17.9 Å². The molecule has 1 aliphatic rings. The summed E-state index contributed by atoms with van der Waals surface area (Å²) in [6, 6.07) is 26.9. The van der Waals surface area contributed by atoms with E-state index in [0.29, 0.717) is 22.7 Å². The Labute approximate surface area is 214 Å². The van der Waals surface area contributed by atoms with Crippen molar-refractivity contribution in [1.82, 2.24) is 10.6 Å². The summed E-state index contributed by atoms with van der Waals surface area (Å²) in [7, 11) is 0. The van der Waals surface area contributed by atoms with Gasteiger partial charge < -0.3 is 21.1 Å². The Hall–Kier alpha value is -4.69. The Morgan fingerprint density at radius 3 is 2.38 bits per heavy atom. The van der Waals surface area contributed by atoms with Crippen molar-refractivity contribution in [2.75, 3.05) is 18.1 Å². The van der Waals surface area contributed by atoms with E-state index in [9.17, 15) is 14.4 Å². The van der Waals surface area contributed by atoms with E-state index >= 15 is 0 Å². The number of fused-ring (bicyclic) bond motifs is 3. The van der Waals surface area contributed by atoms with E-state index in [-0.39, 0.29) is 25.5 Å². The summed E-state index contributed by atoms with van der Waals surface area (Å²) in [6.45, 7) is -0.354. The minimum Gasteiger partial charge on any atom is -0.454 e. The van der Waals surface area contributed by atoms with Crippen molar-refractivity contribution in [2.45, 2.75) is 12.5 Å². The maximum absolute atomic E-state index is 13.4. The number of nitrogens with one attached hydrogen (secondary N) is 2. The summed E-state index contributed by atoms with van der Waals surface area (Å²) in [5, 5.41) is 7.50. The van der Waals surface area contributed by atoms with E-state index in [1.165, 1.54) is 4.90 Å². The first-order valence-electron chi connectivity index (χ1n) is 12.0. The highest BCUT2D eigenvalue weighted by molar-refractivity contribution is 6.12. The normalized spacial score (nSPS) is 13.1. The molecular formula is C29H26N4O4. The molecule has 0 aliphatic carbocycles. The Balaban J connectivity index is 1.39. The molecule has 8 nitrogen and oxygen atoms in total. The SMILES string of the molecule is NCNC(=O)[C@@H](Cc1ccc2ccccc2c1)NC(=O)CN1C(=O)c2ccccc2Oc2ccccc21. The first-order chi connectivity index (χ1) is 18.0. The molecule has 0 fully saturated rings. The largest absolute Gasteiger partial charge is 0.454 e. The van der Waals surface area contributed by atoms with Crippen LogP contribution in [0, 0.1) is 0 Å². The zero-order valence-corrected chi connectivity index (χ0v) is 20.0. The molecule has 4 N–H and O–H groups in total. The van der Waals surface area contributed by atoms with E-state index in [1.807, 2.05) is 42.5 Å². The number of carbonyl (C=O) groups is 3. The highest BCUT2D eigenvalue weighted by Gasteiger charge is 2.30. The summed E-state index contributed by atoms with van der Waals surface area (Å²) < 4.78 is 5.98. The van der Waals surface area contributed by atoms with Crippen LogP contribution in [0.1, 0.15) is 15.9 Å². The lowest BCUT2D eigenvalue weighted by Crippen LogP contribution is -2.52. The highest BCUT2D eigenvalue weighted by atomic mass is 16.5. The monoisotopic (exact) mass is 494 g/mol. The third kappa shape index (κ3) is 5.14. The van der Waals surface area contributed by atoms with Gasteiger partial charge in [-0.3, -0.25) is 19.3 Å². The second kappa shape index (κ2) is 10.5. The van der Waals surface area contributed by atoms with Gasteiger partial charge in [0.2, 0.25) is 11.8 Å². The maximum Gasteiger partial charge on any atom is 0.262 e. The zero-order chi connectivity index (χ0) is 25.8. The molecule has 0 unspecified atom stereocenters. The fourth-order valence-corrected chi connectivity index (χ4v) is 4.45. The topological polar surface area (TPSA) is 114 Å². The van der Waals surface area contributed by atoms with Crippen molar-refractivity contribution in [1.29, 1.82) is 0 Å². The van der Waals surface area contributed by atoms with Crippen LogP contribution in [-0.4, -0.2) is 37.0 Å². The molecule has 0 spiro atoms. The van der Waals surface area contributed by atoms with Crippen molar-refractivity contribution in [3.8, 4) is 11.5 Å². The van der Waals surface area contributed by atoms with Crippen molar-refractivity contribution in [2.24, 2.45) is 5.73 Å². The predicted molar refractivity (Wildman–Crippen MR) is 141 cm³/mol. The summed E-state index contributed by atoms with van der Waals surface area (Å²) in [5.74, 6) is -0.379. The van der Waals surface area contributed by atoms with Crippen LogP contribution in [0.25, 0.3) is 10.8 Å². The molecular weight excluding hydrogens is 468 g/mol. The lowest BCUT2D eigenvalue weighted by atomic mass is 10.0. The standard InChI is InChI=1S/C29H26N4O4/c30-18-31-28(35)23(16-19-13-14-20-7-1-2-8-21(20)15-19)32-27(34)17-33-24-10-4-6-12-26(24)37-25-11-5-3-9-22(25)29(33)36/h1-15,23H,16-18,30H2,(H,31,35)(H,32,34)/t23-/m1/s1. The smallest absolute Gasteiger partial charge is 0.262 e. The Kier molecular flexibility index (Phi) is 6.83. The maximum atomic E-state index is 13.4. The van der Waals surface area contributed by atoms with E-state index in [0.717, 1.165) is 16.3 Å². The summed E-state index contributed by atoms with van der Waals surface area (Å²) in [5.41, 5.74) is 7.24. The van der Waals surface area contributed by atoms with Gasteiger partial charge in [0.25, 0.3) is 5.91 Å². The molecule has 5 rings (SSSR count). The molecule has 8 heteroatoms. The number of hydrogen-bond acceptors (Lipinski definition) is 5. The quantitative estimate of drug-likeness (QED) is 0.341. The number of para-hydroxylation sites is 3. The van der Waals surface area contributed by atoms with Crippen LogP contribution < -0.4 is 26.0 Å². The van der Waals surface area contributed by atoms with E-state index in [1.54, 1.807) is 48.5 Å². The second-order valence-corrected chi connectivity index (χ2v) is 8.71. The minimum atomic E-state index is -0.877. The molecule has 0 saturated carbocycles. The molecule has 1 atom stereocenters. The first-order valence-corrected chi connectivity index (χ1v) is 12.0. The van der Waals surface area contributed by atoms with E-state index in [2.05, 4.69) is 10.6 Å². The number of amides is 3. The number of rotatable bonds is 7. The highest BCUT2D eigenvalue weighted by Crippen LogP contribution is 2.38. The lowest BCUT2D eigenvalue weighted by Gasteiger charge is -2.24. The van der Waals surface area contributed by atoms with Crippen LogP contribution in [0.15, 0.2) is 91.0 Å². The van der Waals surface area contributed by atoms with Crippen molar-refractivity contribution in [3.05, 3.63) is 102 Å². The second-order valence-electron chi connectivity index (χ2n) is 8.71. The van der Waals surface area contributed by atoms with Crippen LogP contribution in [0.2, 0.25) is 0 Å². The Morgan fingerprint density at radius 2 is 1.57 bits per heavy atom. The van der Waals surface area contributed by atoms with Gasteiger partial charge in [0, 0.05) is 6.42 Å². The van der Waals surface area contributed by atoms with Gasteiger partial charge in [-0.2, -0.15) is 0 Å². The Morgan fingerprint density at radius 1 is 0.865 bits per heavy atom. The van der Waals surface area contributed by atoms with Crippen LogP contribution in [0.3, 0.4) is 0 Å². The first kappa shape index (κ1) is 24.0. The predicted octanol–water partition coefficient (Wildman–Crippen LogP) is 3.35. The number of ether oxygens (including phenoxy) is 1. The van der Waals surface area contributed by atoms with Crippen molar-refractivity contribution >= 4 is 34.2 Å². The van der Waals surface area contributed by atoms with Crippen molar-refractivity contribution < 1.29 is 19.1 Å². The summed E-state index contributed by atoms with van der Waals surface area (Å²) in [6.07, 6.45) is 0.263. The number of hydrogen-bond donors (Lipinski definition) is 3. The van der Waals surface area contributed by atoms with Gasteiger partial charge in [0.1, 0.15) is 18.3 Å². The van der Waals surface area contributed by atoms with Crippen LogP contribution in [-0.2, 0) is 16.0 Å². The fraction of sp³-hybridized carbons (Fsp3) is 0.138. The minimum absolute atomic E-state index is 0.0605. The number of benzene rings is 4. The van der Waals surface area contributed by atoms with Gasteiger partial charge in [-0.1, -0.05) is 66.7 Å². The van der Waals surface area contributed by atoms with Gasteiger partial charge in [-0.05, 0) is 40.6 Å². The van der Waals surface area contributed by atoms with Crippen LogP contribution in [0.4, 0.5) is 5.69 Å². The zero-order valence-electron chi connectivity index (χ0n) is 20.0. The van der Waals surface area contributed by atoms with Gasteiger partial charge in [0.15, 0.2) is 5.75 Å². The van der Waals surface area contributed by atoms with Crippen LogP contribution >= 0.6 is 0 Å². The molecule has 0 saturated heterocycles. The Bertz CT molecular complexity index is 1490. The molecule has 4 aromatic rings. The molecule has 4 aromatic carbocycles. The lowest BCUT2D eigenvalue weighted by molar-refractivity contribution is -0.128. The molecule has 0 bridgehead atoms. The molecule has 1 heterocycles. The molecule has 186 valence electrons. The number of nitrogens with two attached hydrogens (primary N) is 1. The average Bonchev–Trinajstić information content (AvgIpc) is 3.03. The molecule has 0 radical (unpaired) electrons. The molecule has 0 aromatic heterocycles.